The SMILES string of the molecule is O=C(/C=C/c1ccc(O)cc1)O[C@@H](C(=O)O)[C@@H](OC(=O)/C=C/c1ccc(O)cc1)C(=O)O. The molecule has 10 nitrogen and oxygen atoms in total. The lowest BCUT2D eigenvalue weighted by Gasteiger charge is -2.19. The third kappa shape index (κ3) is 7.34. The fourth-order valence-corrected chi connectivity index (χ4v) is 2.31. The van der Waals surface area contributed by atoms with E-state index in [0.29, 0.717) is 11.1 Å². The number of rotatable bonds is 9. The van der Waals surface area contributed by atoms with Crippen molar-refractivity contribution in [2.75, 3.05) is 0 Å². The van der Waals surface area contributed by atoms with Gasteiger partial charge in [0.25, 0.3) is 0 Å². The van der Waals surface area contributed by atoms with Crippen LogP contribution in [0.1, 0.15) is 11.1 Å². The first-order valence-corrected chi connectivity index (χ1v) is 8.97. The number of hydrogen-bond donors (Lipinski definition) is 4. The molecule has 32 heavy (non-hydrogen) atoms. The molecule has 0 unspecified atom stereocenters. The van der Waals surface area contributed by atoms with E-state index in [0.717, 1.165) is 12.2 Å². The summed E-state index contributed by atoms with van der Waals surface area (Å²) < 4.78 is 9.35. The number of carbonyl (C=O) groups is 4. The smallest absolute Gasteiger partial charge is 0.349 e. The minimum Gasteiger partial charge on any atom is -0.508 e. The Hall–Kier alpha value is -4.60. The fraction of sp³-hybridized carbons (Fsp3) is 0.0909. The van der Waals surface area contributed by atoms with Crippen LogP contribution in [-0.4, -0.2) is 56.5 Å². The number of aliphatic carboxylic acids is 2. The van der Waals surface area contributed by atoms with Crippen LogP contribution in [0.25, 0.3) is 12.2 Å². The molecule has 10 heteroatoms. The molecule has 4 N–H and O–H groups in total. The zero-order valence-corrected chi connectivity index (χ0v) is 16.3. The van der Waals surface area contributed by atoms with E-state index in [-0.39, 0.29) is 11.5 Å². The zero-order chi connectivity index (χ0) is 23.7. The highest BCUT2D eigenvalue weighted by molar-refractivity contribution is 5.93. The van der Waals surface area contributed by atoms with Crippen LogP contribution in [0.15, 0.2) is 60.7 Å². The minimum atomic E-state index is -2.31. The molecule has 2 atom stereocenters. The minimum absolute atomic E-state index is 0.00115. The summed E-state index contributed by atoms with van der Waals surface area (Å²) in [6.07, 6.45) is -0.404. The molecule has 0 amide bonds. The molecule has 0 aliphatic carbocycles. The molecule has 0 spiro atoms. The van der Waals surface area contributed by atoms with E-state index < -0.39 is 36.1 Å². The topological polar surface area (TPSA) is 168 Å². The number of carbonyl (C=O) groups excluding carboxylic acids is 2. The normalized spacial score (nSPS) is 12.9. The van der Waals surface area contributed by atoms with Gasteiger partial charge in [-0.05, 0) is 47.5 Å². The molecule has 0 fully saturated rings. The van der Waals surface area contributed by atoms with E-state index in [1.807, 2.05) is 0 Å². The lowest BCUT2D eigenvalue weighted by Crippen LogP contribution is -2.45. The average molecular weight is 442 g/mol. The molecule has 2 aromatic carbocycles. The Kier molecular flexibility index (Phi) is 8.12. The Morgan fingerprint density at radius 1 is 0.625 bits per heavy atom. The Labute approximate surface area is 181 Å². The Balaban J connectivity index is 2.07. The summed E-state index contributed by atoms with van der Waals surface area (Å²) in [4.78, 5) is 46.8. The van der Waals surface area contributed by atoms with Gasteiger partial charge in [0.15, 0.2) is 0 Å². The van der Waals surface area contributed by atoms with Gasteiger partial charge in [-0.1, -0.05) is 24.3 Å². The van der Waals surface area contributed by atoms with Gasteiger partial charge in [0.1, 0.15) is 11.5 Å². The summed E-state index contributed by atoms with van der Waals surface area (Å²) in [6, 6.07) is 11.3. The van der Waals surface area contributed by atoms with Crippen molar-refractivity contribution in [2.24, 2.45) is 0 Å². The van der Waals surface area contributed by atoms with E-state index >= 15 is 0 Å². The molecule has 0 aliphatic rings. The first-order valence-electron chi connectivity index (χ1n) is 8.97. The van der Waals surface area contributed by atoms with Crippen molar-refractivity contribution < 1.29 is 49.1 Å². The van der Waals surface area contributed by atoms with Crippen LogP contribution < -0.4 is 0 Å². The van der Waals surface area contributed by atoms with Crippen molar-refractivity contribution in [2.45, 2.75) is 12.2 Å². The lowest BCUT2D eigenvalue weighted by molar-refractivity contribution is -0.183. The number of esters is 2. The van der Waals surface area contributed by atoms with Crippen LogP contribution in [-0.2, 0) is 28.7 Å². The molecule has 2 aromatic rings. The highest BCUT2D eigenvalue weighted by Gasteiger charge is 2.40. The average Bonchev–Trinajstić information content (AvgIpc) is 2.75. The van der Waals surface area contributed by atoms with Crippen LogP contribution in [0.3, 0.4) is 0 Å². The van der Waals surface area contributed by atoms with Gasteiger partial charge < -0.3 is 29.9 Å². The van der Waals surface area contributed by atoms with Gasteiger partial charge in [-0.2, -0.15) is 0 Å². The van der Waals surface area contributed by atoms with Crippen molar-refractivity contribution in [3.63, 3.8) is 0 Å². The summed E-state index contributed by atoms with van der Waals surface area (Å²) in [7, 11) is 0. The molecule has 0 aliphatic heterocycles. The van der Waals surface area contributed by atoms with Gasteiger partial charge >= 0.3 is 23.9 Å². The summed E-state index contributed by atoms with van der Waals surface area (Å²) >= 11 is 0. The molecule has 2 rings (SSSR count). The lowest BCUT2D eigenvalue weighted by atomic mass is 10.2. The number of ether oxygens (including phenoxy) is 2. The predicted molar refractivity (Wildman–Crippen MR) is 109 cm³/mol. The summed E-state index contributed by atoms with van der Waals surface area (Å²) in [6.45, 7) is 0. The molecule has 0 bridgehead atoms. The maximum absolute atomic E-state index is 12.0. The van der Waals surface area contributed by atoms with Crippen molar-refractivity contribution >= 4 is 36.0 Å². The maximum Gasteiger partial charge on any atom is 0.349 e. The molecule has 0 saturated carbocycles. The standard InChI is InChI=1S/C22H18O10/c23-15-7-1-13(2-8-15)5-11-17(25)31-19(21(27)28)20(22(29)30)32-18(26)12-6-14-3-9-16(24)10-4-14/h1-12,19-20,23-24H,(H,27,28)(H,29,30)/b11-5+,12-6+/t19-,20-/m1/s1. The van der Waals surface area contributed by atoms with Gasteiger partial charge in [0.2, 0.25) is 12.2 Å². The van der Waals surface area contributed by atoms with Crippen LogP contribution in [0.4, 0.5) is 0 Å². The second kappa shape index (κ2) is 11.0. The number of benzene rings is 2. The number of phenols is 2. The van der Waals surface area contributed by atoms with Gasteiger partial charge in [-0.3, -0.25) is 0 Å². The fourth-order valence-electron chi connectivity index (χ4n) is 2.31. The third-order valence-corrected chi connectivity index (χ3v) is 3.86. The maximum atomic E-state index is 12.0. The highest BCUT2D eigenvalue weighted by atomic mass is 16.6. The number of hydrogen-bond acceptors (Lipinski definition) is 8. The van der Waals surface area contributed by atoms with Crippen LogP contribution in [0.5, 0.6) is 11.5 Å². The van der Waals surface area contributed by atoms with Crippen molar-refractivity contribution in [1.29, 1.82) is 0 Å². The molecule has 166 valence electrons. The largest absolute Gasteiger partial charge is 0.508 e. The Morgan fingerprint density at radius 2 is 0.938 bits per heavy atom. The predicted octanol–water partition coefficient (Wildman–Crippen LogP) is 1.82. The van der Waals surface area contributed by atoms with Gasteiger partial charge in [-0.15, -0.1) is 0 Å². The van der Waals surface area contributed by atoms with Crippen molar-refractivity contribution in [3.05, 3.63) is 71.8 Å². The third-order valence-electron chi connectivity index (χ3n) is 3.86. The second-order valence-electron chi connectivity index (χ2n) is 6.24. The number of carboxylic acid groups (broad SMARTS) is 2. The van der Waals surface area contributed by atoms with E-state index in [4.69, 9.17) is 0 Å². The van der Waals surface area contributed by atoms with Gasteiger partial charge in [-0.25, -0.2) is 19.2 Å². The van der Waals surface area contributed by atoms with Crippen LogP contribution in [0.2, 0.25) is 0 Å². The van der Waals surface area contributed by atoms with Gasteiger partial charge in [0, 0.05) is 12.2 Å². The molecular formula is C22H18O10. The van der Waals surface area contributed by atoms with Gasteiger partial charge in [0.05, 0.1) is 0 Å². The number of phenolic OH excluding ortho intramolecular Hbond substituents is 2. The second-order valence-corrected chi connectivity index (χ2v) is 6.24. The Morgan fingerprint density at radius 3 is 1.22 bits per heavy atom. The molecule has 0 radical (unpaired) electrons. The zero-order valence-electron chi connectivity index (χ0n) is 16.3. The summed E-state index contributed by atoms with van der Waals surface area (Å²) in [5.41, 5.74) is 0.958. The summed E-state index contributed by atoms with van der Waals surface area (Å²) in [5.74, 6) is -6.04. The highest BCUT2D eigenvalue weighted by Crippen LogP contribution is 2.13. The van der Waals surface area contributed by atoms with E-state index in [2.05, 4.69) is 9.47 Å². The van der Waals surface area contributed by atoms with E-state index in [9.17, 15) is 39.6 Å². The molecule has 0 saturated heterocycles. The van der Waals surface area contributed by atoms with Crippen molar-refractivity contribution in [1.82, 2.24) is 0 Å². The first kappa shape index (κ1) is 23.7. The van der Waals surface area contributed by atoms with Crippen LogP contribution in [0, 0.1) is 0 Å². The summed E-state index contributed by atoms with van der Waals surface area (Å²) in [5, 5.41) is 37.0. The van der Waals surface area contributed by atoms with Crippen molar-refractivity contribution in [3.8, 4) is 11.5 Å². The monoisotopic (exact) mass is 442 g/mol. The molecular weight excluding hydrogens is 424 g/mol. The van der Waals surface area contributed by atoms with Crippen LogP contribution >= 0.6 is 0 Å². The number of carboxylic acids is 2. The quantitative estimate of drug-likeness (QED) is 0.332. The molecule has 0 aromatic heterocycles. The number of aromatic hydroxyl groups is 2. The van der Waals surface area contributed by atoms with E-state index in [1.165, 1.54) is 60.7 Å². The van der Waals surface area contributed by atoms with E-state index in [1.54, 1.807) is 0 Å². The Bertz CT molecular complexity index is 950. The first-order chi connectivity index (χ1) is 15.2. The molecule has 0 heterocycles.